The van der Waals surface area contributed by atoms with Crippen molar-refractivity contribution in [3.05, 3.63) is 58.6 Å². The number of nitro benzene ring substituents is 1. The van der Waals surface area contributed by atoms with E-state index in [1.54, 1.807) is 38.4 Å². The number of likely N-dealkylation sites (N-methyl/N-ethyl adjacent to an activating group) is 1. The van der Waals surface area contributed by atoms with Gasteiger partial charge in [0.2, 0.25) is 0 Å². The van der Waals surface area contributed by atoms with E-state index in [0.717, 1.165) is 5.75 Å². The second-order valence-electron chi connectivity index (χ2n) is 5.18. The first-order valence-corrected chi connectivity index (χ1v) is 7.53. The number of rotatable bonds is 7. The van der Waals surface area contributed by atoms with Gasteiger partial charge in [0.15, 0.2) is 0 Å². The molecular formula is C17H19N3O5. The summed E-state index contributed by atoms with van der Waals surface area (Å²) in [4.78, 5) is 23.6. The van der Waals surface area contributed by atoms with Crippen molar-refractivity contribution >= 4 is 17.4 Å². The molecule has 1 N–H and O–H groups in total. The molecule has 132 valence electrons. The van der Waals surface area contributed by atoms with E-state index in [4.69, 9.17) is 9.47 Å². The Kier molecular flexibility index (Phi) is 6.16. The summed E-state index contributed by atoms with van der Waals surface area (Å²) in [6.45, 7) is 0.710. The van der Waals surface area contributed by atoms with Gasteiger partial charge in [0.05, 0.1) is 18.6 Å². The van der Waals surface area contributed by atoms with Crippen molar-refractivity contribution < 1.29 is 19.2 Å². The zero-order valence-corrected chi connectivity index (χ0v) is 14.0. The highest BCUT2D eigenvalue weighted by molar-refractivity contribution is 5.89. The number of anilines is 1. The van der Waals surface area contributed by atoms with E-state index >= 15 is 0 Å². The third-order valence-electron chi connectivity index (χ3n) is 3.43. The van der Waals surface area contributed by atoms with Gasteiger partial charge in [-0.05, 0) is 36.4 Å². The third-order valence-corrected chi connectivity index (χ3v) is 3.43. The van der Waals surface area contributed by atoms with E-state index < -0.39 is 4.92 Å². The summed E-state index contributed by atoms with van der Waals surface area (Å²) in [6.07, 6.45) is 0. The van der Waals surface area contributed by atoms with E-state index in [0.29, 0.717) is 24.6 Å². The summed E-state index contributed by atoms with van der Waals surface area (Å²) in [6, 6.07) is 12.5. The van der Waals surface area contributed by atoms with Crippen LogP contribution < -0.4 is 14.8 Å². The number of nitrogens with one attached hydrogen (secondary N) is 1. The van der Waals surface area contributed by atoms with Gasteiger partial charge in [0.1, 0.15) is 18.1 Å². The Labute approximate surface area is 145 Å². The minimum Gasteiger partial charge on any atom is -0.497 e. The Hall–Kier alpha value is -3.29. The number of benzene rings is 2. The van der Waals surface area contributed by atoms with E-state index in [1.807, 2.05) is 0 Å². The molecule has 25 heavy (non-hydrogen) atoms. The number of ether oxygens (including phenoxy) is 2. The first-order valence-electron chi connectivity index (χ1n) is 7.53. The van der Waals surface area contributed by atoms with Gasteiger partial charge in [-0.2, -0.15) is 0 Å². The van der Waals surface area contributed by atoms with E-state index in [2.05, 4.69) is 5.32 Å². The van der Waals surface area contributed by atoms with Crippen molar-refractivity contribution in [1.29, 1.82) is 0 Å². The van der Waals surface area contributed by atoms with Gasteiger partial charge in [-0.3, -0.25) is 10.1 Å². The van der Waals surface area contributed by atoms with Gasteiger partial charge >= 0.3 is 6.03 Å². The Bertz CT molecular complexity index is 716. The Balaban J connectivity index is 1.78. The van der Waals surface area contributed by atoms with E-state index in [-0.39, 0.29) is 11.7 Å². The highest BCUT2D eigenvalue weighted by Gasteiger charge is 2.10. The molecule has 2 aromatic carbocycles. The van der Waals surface area contributed by atoms with Gasteiger partial charge < -0.3 is 19.7 Å². The maximum atomic E-state index is 12.1. The van der Waals surface area contributed by atoms with Crippen molar-refractivity contribution in [3.8, 4) is 11.5 Å². The average Bonchev–Trinajstić information content (AvgIpc) is 2.62. The van der Waals surface area contributed by atoms with Crippen LogP contribution in [0, 0.1) is 10.1 Å². The van der Waals surface area contributed by atoms with Crippen molar-refractivity contribution in [2.45, 2.75) is 0 Å². The molecule has 0 saturated carbocycles. The van der Waals surface area contributed by atoms with Crippen molar-refractivity contribution in [2.24, 2.45) is 0 Å². The number of carbonyl (C=O) groups is 1. The average molecular weight is 345 g/mol. The first kappa shape index (κ1) is 18.1. The minimum atomic E-state index is -0.492. The molecule has 0 fully saturated rings. The molecule has 0 aliphatic heterocycles. The molecule has 0 unspecified atom stereocenters. The molecule has 2 rings (SSSR count). The zero-order valence-electron chi connectivity index (χ0n) is 14.0. The number of nitro groups is 1. The van der Waals surface area contributed by atoms with Crippen LogP contribution in [0.5, 0.6) is 11.5 Å². The molecule has 0 aliphatic carbocycles. The molecule has 0 saturated heterocycles. The zero-order chi connectivity index (χ0) is 18.2. The topological polar surface area (TPSA) is 93.9 Å². The predicted molar refractivity (Wildman–Crippen MR) is 93.2 cm³/mol. The highest BCUT2D eigenvalue weighted by atomic mass is 16.6. The lowest BCUT2D eigenvalue weighted by molar-refractivity contribution is -0.384. The molecule has 2 amide bonds. The number of nitrogens with zero attached hydrogens (tertiary/aromatic N) is 2. The predicted octanol–water partition coefficient (Wildman–Crippen LogP) is 3.15. The standard InChI is InChI=1S/C17H19N3O5/c1-19(11-12-25-16-9-7-15(24-2)8-10-16)17(21)18-13-3-5-14(6-4-13)20(22)23/h3-10H,11-12H2,1-2H3,(H,18,21). The van der Waals surface area contributed by atoms with Gasteiger partial charge in [0.25, 0.3) is 5.69 Å². The molecule has 0 aromatic heterocycles. The first-order chi connectivity index (χ1) is 12.0. The quantitative estimate of drug-likeness (QED) is 0.614. The van der Waals surface area contributed by atoms with Crippen molar-refractivity contribution in [3.63, 3.8) is 0 Å². The van der Waals surface area contributed by atoms with Crippen LogP contribution in [0.15, 0.2) is 48.5 Å². The molecular weight excluding hydrogens is 326 g/mol. The summed E-state index contributed by atoms with van der Waals surface area (Å²) in [5.41, 5.74) is 0.456. The summed E-state index contributed by atoms with van der Waals surface area (Å²) in [5, 5.41) is 13.3. The van der Waals surface area contributed by atoms with Crippen molar-refractivity contribution in [2.75, 3.05) is 32.6 Å². The summed E-state index contributed by atoms with van der Waals surface area (Å²) >= 11 is 0. The number of non-ortho nitro benzene ring substituents is 1. The van der Waals surface area contributed by atoms with Gasteiger partial charge in [-0.15, -0.1) is 0 Å². The number of urea groups is 1. The van der Waals surface area contributed by atoms with Crippen LogP contribution in [0.25, 0.3) is 0 Å². The van der Waals surface area contributed by atoms with E-state index in [9.17, 15) is 14.9 Å². The van der Waals surface area contributed by atoms with Crippen LogP contribution in [-0.2, 0) is 0 Å². The fourth-order valence-electron chi connectivity index (χ4n) is 1.96. The lowest BCUT2D eigenvalue weighted by Crippen LogP contribution is -2.34. The lowest BCUT2D eigenvalue weighted by atomic mass is 10.3. The SMILES string of the molecule is COc1ccc(OCCN(C)C(=O)Nc2ccc([N+](=O)[O-])cc2)cc1. The molecule has 0 heterocycles. The molecule has 8 heteroatoms. The van der Waals surface area contributed by atoms with Gasteiger partial charge in [-0.25, -0.2) is 4.79 Å². The molecule has 2 aromatic rings. The molecule has 0 bridgehead atoms. The molecule has 0 aliphatic rings. The van der Waals surface area contributed by atoms with Crippen LogP contribution in [-0.4, -0.2) is 43.2 Å². The van der Waals surface area contributed by atoms with Crippen LogP contribution in [0.2, 0.25) is 0 Å². The largest absolute Gasteiger partial charge is 0.497 e. The van der Waals surface area contributed by atoms with Crippen LogP contribution in [0.3, 0.4) is 0 Å². The van der Waals surface area contributed by atoms with E-state index in [1.165, 1.54) is 29.2 Å². The number of hydrogen-bond donors (Lipinski definition) is 1. The number of methoxy groups -OCH3 is 1. The van der Waals surface area contributed by atoms with Crippen LogP contribution in [0.1, 0.15) is 0 Å². The smallest absolute Gasteiger partial charge is 0.321 e. The second kappa shape index (κ2) is 8.53. The fraction of sp³-hybridized carbons (Fsp3) is 0.235. The van der Waals surface area contributed by atoms with Gasteiger partial charge in [-0.1, -0.05) is 0 Å². The third kappa shape index (κ3) is 5.38. The number of hydrogen-bond acceptors (Lipinski definition) is 5. The molecule has 0 radical (unpaired) electrons. The Morgan fingerprint density at radius 1 is 1.12 bits per heavy atom. The fourth-order valence-corrected chi connectivity index (χ4v) is 1.96. The summed E-state index contributed by atoms with van der Waals surface area (Å²) in [7, 11) is 3.23. The molecule has 0 atom stereocenters. The van der Waals surface area contributed by atoms with Gasteiger partial charge in [0, 0.05) is 24.9 Å². The van der Waals surface area contributed by atoms with Crippen LogP contribution >= 0.6 is 0 Å². The molecule has 0 spiro atoms. The molecule has 8 nitrogen and oxygen atoms in total. The maximum Gasteiger partial charge on any atom is 0.321 e. The second-order valence-corrected chi connectivity index (χ2v) is 5.18. The maximum absolute atomic E-state index is 12.1. The number of amides is 2. The normalized spacial score (nSPS) is 10.0. The van der Waals surface area contributed by atoms with Crippen LogP contribution in [0.4, 0.5) is 16.2 Å². The Morgan fingerprint density at radius 2 is 1.72 bits per heavy atom. The minimum absolute atomic E-state index is 0.0285. The monoisotopic (exact) mass is 345 g/mol. The van der Waals surface area contributed by atoms with Crippen molar-refractivity contribution in [1.82, 2.24) is 4.90 Å². The lowest BCUT2D eigenvalue weighted by Gasteiger charge is -2.18. The summed E-state index contributed by atoms with van der Waals surface area (Å²) in [5.74, 6) is 1.43. The Morgan fingerprint density at radius 3 is 2.28 bits per heavy atom. The highest BCUT2D eigenvalue weighted by Crippen LogP contribution is 2.17. The number of carbonyl (C=O) groups excluding carboxylic acids is 1. The summed E-state index contributed by atoms with van der Waals surface area (Å²) < 4.78 is 10.6.